The first-order chi connectivity index (χ1) is 28.0. The normalized spacial score (nSPS) is 12.3. The van der Waals surface area contributed by atoms with E-state index in [4.69, 9.17) is 18.8 Å². The number of pyridine rings is 2. The molecule has 4 heteroatoms. The minimum atomic E-state index is -0.0344. The van der Waals surface area contributed by atoms with E-state index >= 15 is 0 Å². The molecule has 0 radical (unpaired) electrons. The minimum absolute atomic E-state index is 0.0344. The third-order valence-corrected chi connectivity index (χ3v) is 11.5. The van der Waals surface area contributed by atoms with E-state index in [1.54, 1.807) is 0 Å². The van der Waals surface area contributed by atoms with Crippen LogP contribution >= 0.6 is 0 Å². The molecule has 0 aliphatic heterocycles. The molecule has 4 heterocycles. The van der Waals surface area contributed by atoms with Crippen LogP contribution in [0.3, 0.4) is 0 Å². The van der Waals surface area contributed by atoms with Gasteiger partial charge in [0, 0.05) is 56.2 Å². The summed E-state index contributed by atoms with van der Waals surface area (Å²) in [5.74, 6) is 0. The zero-order valence-electron chi connectivity index (χ0n) is 33.7. The van der Waals surface area contributed by atoms with Crippen molar-refractivity contribution in [3.05, 3.63) is 169 Å². The van der Waals surface area contributed by atoms with Gasteiger partial charge in [0.05, 0.1) is 11.4 Å². The summed E-state index contributed by atoms with van der Waals surface area (Å²) >= 11 is 0. The van der Waals surface area contributed by atoms with Crippen molar-refractivity contribution in [2.45, 2.75) is 52.4 Å². The van der Waals surface area contributed by atoms with Gasteiger partial charge in [-0.25, -0.2) is 0 Å². The number of hydrogen-bond acceptors (Lipinski definition) is 4. The van der Waals surface area contributed by atoms with Crippen LogP contribution in [0.15, 0.2) is 167 Å². The predicted molar refractivity (Wildman–Crippen MR) is 241 cm³/mol. The smallest absolute Gasteiger partial charge is 0.143 e. The molecule has 0 saturated heterocycles. The van der Waals surface area contributed by atoms with E-state index in [0.717, 1.165) is 99.8 Å². The number of aromatic nitrogens is 2. The summed E-state index contributed by atoms with van der Waals surface area (Å²) in [6, 6.07) is 51.6. The van der Waals surface area contributed by atoms with Crippen LogP contribution in [0.2, 0.25) is 0 Å². The Bertz CT molecular complexity index is 2990. The maximum Gasteiger partial charge on any atom is 0.143 e. The lowest BCUT2D eigenvalue weighted by molar-refractivity contribution is 0.572. The lowest BCUT2D eigenvalue weighted by atomic mass is 9.86. The SMILES string of the molecule is CC(C)(C)c1cccc2c1oc1c(-c3cccc(-c4ccnc(-c5cc(-c6cccc(-c7cccc8c7oc7c(C(C)(C)C)cccc78)c6)ccn5)c4)c3)cccc12. The Kier molecular flexibility index (Phi) is 8.24. The van der Waals surface area contributed by atoms with E-state index in [0.29, 0.717) is 0 Å². The fourth-order valence-corrected chi connectivity index (χ4v) is 8.51. The molecule has 0 amide bonds. The molecular weight excluding hydrogens is 709 g/mol. The minimum Gasteiger partial charge on any atom is -0.455 e. The van der Waals surface area contributed by atoms with E-state index in [1.807, 2.05) is 12.4 Å². The van der Waals surface area contributed by atoms with E-state index < -0.39 is 0 Å². The first kappa shape index (κ1) is 35.6. The standard InChI is InChI=1S/C54H44N2O2/c1-53(2,3)45-23-11-21-43-41-19-9-17-39(49(41)57-51(43)45)37-15-7-13-33(29-37)35-25-27-55-47(31-35)48-32-36(26-28-56-48)34-14-8-16-38(30-34)40-18-10-20-42-44-22-12-24-46(54(4,5)6)52(44)58-50(40)42/h7-32H,1-6H3. The van der Waals surface area contributed by atoms with Gasteiger partial charge < -0.3 is 8.83 Å². The highest BCUT2D eigenvalue weighted by Crippen LogP contribution is 2.42. The molecule has 10 aromatic rings. The highest BCUT2D eigenvalue weighted by molar-refractivity contribution is 6.11. The Balaban J connectivity index is 0.990. The van der Waals surface area contributed by atoms with Crippen molar-refractivity contribution in [2.75, 3.05) is 0 Å². The summed E-state index contributed by atoms with van der Waals surface area (Å²) in [6.07, 6.45) is 3.75. The van der Waals surface area contributed by atoms with Gasteiger partial charge in [-0.1, -0.05) is 151 Å². The lowest BCUT2D eigenvalue weighted by Crippen LogP contribution is -2.10. The molecule has 4 nitrogen and oxygen atoms in total. The molecular formula is C54H44N2O2. The summed E-state index contributed by atoms with van der Waals surface area (Å²) in [4.78, 5) is 9.60. The highest BCUT2D eigenvalue weighted by Gasteiger charge is 2.23. The van der Waals surface area contributed by atoms with Gasteiger partial charge in [0.1, 0.15) is 22.3 Å². The van der Waals surface area contributed by atoms with E-state index in [2.05, 4.69) is 187 Å². The molecule has 58 heavy (non-hydrogen) atoms. The van der Waals surface area contributed by atoms with Crippen molar-refractivity contribution in [1.82, 2.24) is 9.97 Å². The first-order valence-corrected chi connectivity index (χ1v) is 20.0. The number of rotatable bonds is 5. The van der Waals surface area contributed by atoms with Crippen molar-refractivity contribution < 1.29 is 8.83 Å². The number of hydrogen-bond donors (Lipinski definition) is 0. The molecule has 10 rings (SSSR count). The fraction of sp³-hybridized carbons (Fsp3) is 0.148. The van der Waals surface area contributed by atoms with Crippen molar-refractivity contribution in [3.8, 4) is 55.9 Å². The summed E-state index contributed by atoms with van der Waals surface area (Å²) in [5, 5.41) is 4.57. The van der Waals surface area contributed by atoms with Gasteiger partial charge in [-0.3, -0.25) is 9.97 Å². The van der Waals surface area contributed by atoms with Crippen LogP contribution < -0.4 is 0 Å². The average Bonchev–Trinajstić information content (AvgIpc) is 3.82. The quantitative estimate of drug-likeness (QED) is 0.176. The Morgan fingerprint density at radius 2 is 0.690 bits per heavy atom. The topological polar surface area (TPSA) is 52.1 Å². The van der Waals surface area contributed by atoms with E-state index in [1.165, 1.54) is 11.1 Å². The zero-order chi connectivity index (χ0) is 39.8. The van der Waals surface area contributed by atoms with Crippen LogP contribution in [0.5, 0.6) is 0 Å². The van der Waals surface area contributed by atoms with Gasteiger partial charge in [-0.2, -0.15) is 0 Å². The van der Waals surface area contributed by atoms with Crippen molar-refractivity contribution in [1.29, 1.82) is 0 Å². The predicted octanol–water partition coefficient (Wildman–Crippen LogP) is 15.2. The number of para-hydroxylation sites is 4. The van der Waals surface area contributed by atoms with Crippen LogP contribution in [-0.4, -0.2) is 9.97 Å². The molecule has 0 atom stereocenters. The van der Waals surface area contributed by atoms with Gasteiger partial charge in [-0.05, 0) is 80.6 Å². The van der Waals surface area contributed by atoms with Gasteiger partial charge >= 0.3 is 0 Å². The lowest BCUT2D eigenvalue weighted by Gasteiger charge is -2.18. The van der Waals surface area contributed by atoms with Crippen LogP contribution in [0, 0.1) is 0 Å². The molecule has 0 N–H and O–H groups in total. The maximum absolute atomic E-state index is 6.72. The molecule has 0 aliphatic rings. The molecule has 0 saturated carbocycles. The Morgan fingerprint density at radius 3 is 1.10 bits per heavy atom. The summed E-state index contributed by atoms with van der Waals surface area (Å²) < 4.78 is 13.4. The second-order valence-electron chi connectivity index (χ2n) is 17.5. The Labute approximate surface area is 338 Å². The molecule has 0 bridgehead atoms. The second kappa shape index (κ2) is 13.4. The van der Waals surface area contributed by atoms with E-state index in [9.17, 15) is 0 Å². The van der Waals surface area contributed by atoms with Crippen LogP contribution in [0.4, 0.5) is 0 Å². The third-order valence-electron chi connectivity index (χ3n) is 11.5. The number of nitrogens with zero attached hydrogens (tertiary/aromatic N) is 2. The van der Waals surface area contributed by atoms with Crippen molar-refractivity contribution >= 4 is 43.9 Å². The molecule has 0 aliphatic carbocycles. The van der Waals surface area contributed by atoms with Crippen molar-refractivity contribution in [2.24, 2.45) is 0 Å². The molecule has 0 fully saturated rings. The van der Waals surface area contributed by atoms with Crippen LogP contribution in [0.1, 0.15) is 52.7 Å². The second-order valence-corrected chi connectivity index (χ2v) is 17.5. The molecule has 4 aromatic heterocycles. The molecule has 6 aromatic carbocycles. The number of furan rings is 2. The van der Waals surface area contributed by atoms with E-state index in [-0.39, 0.29) is 10.8 Å². The van der Waals surface area contributed by atoms with Gasteiger partial charge in [0.15, 0.2) is 0 Å². The average molecular weight is 753 g/mol. The maximum atomic E-state index is 6.72. The fourth-order valence-electron chi connectivity index (χ4n) is 8.51. The van der Waals surface area contributed by atoms with Gasteiger partial charge in [0.25, 0.3) is 0 Å². The monoisotopic (exact) mass is 752 g/mol. The van der Waals surface area contributed by atoms with Crippen molar-refractivity contribution in [3.63, 3.8) is 0 Å². The summed E-state index contributed by atoms with van der Waals surface area (Å²) in [7, 11) is 0. The molecule has 0 unspecified atom stereocenters. The van der Waals surface area contributed by atoms with Gasteiger partial charge in [-0.15, -0.1) is 0 Å². The zero-order valence-corrected chi connectivity index (χ0v) is 33.7. The number of benzene rings is 6. The number of fused-ring (bicyclic) bond motifs is 6. The largest absolute Gasteiger partial charge is 0.455 e. The summed E-state index contributed by atoms with van der Waals surface area (Å²) in [6.45, 7) is 13.4. The third kappa shape index (κ3) is 6.08. The molecule has 0 spiro atoms. The van der Waals surface area contributed by atoms with Crippen LogP contribution in [0.25, 0.3) is 99.8 Å². The Morgan fingerprint density at radius 1 is 0.345 bits per heavy atom. The van der Waals surface area contributed by atoms with Gasteiger partial charge in [0.2, 0.25) is 0 Å². The Hall–Kier alpha value is -6.78. The molecule has 282 valence electrons. The highest BCUT2D eigenvalue weighted by atomic mass is 16.3. The summed E-state index contributed by atoms with van der Waals surface area (Å²) in [5.41, 5.74) is 16.4. The first-order valence-electron chi connectivity index (χ1n) is 20.0. The van der Waals surface area contributed by atoms with Crippen LogP contribution in [-0.2, 0) is 10.8 Å².